The normalized spacial score (nSPS) is 10.7. The number of nitrogens with zero attached hydrogens (tertiary/aromatic N) is 3. The highest BCUT2D eigenvalue weighted by Gasteiger charge is 2.18. The number of benzene rings is 2. The molecule has 26 heavy (non-hydrogen) atoms. The molecule has 3 aromatic rings. The van der Waals surface area contributed by atoms with Gasteiger partial charge in [-0.05, 0) is 36.4 Å². The number of carbonyl (C=O) groups excluding carboxylic acids is 1. The molecule has 0 bridgehead atoms. The molecule has 0 unspecified atom stereocenters. The summed E-state index contributed by atoms with van der Waals surface area (Å²) >= 11 is 6.86. The minimum absolute atomic E-state index is 0.113. The number of aromatic nitrogens is 3. The van der Waals surface area contributed by atoms with Crippen molar-refractivity contribution in [1.29, 1.82) is 0 Å². The molecule has 1 N–H and O–H groups in total. The lowest BCUT2D eigenvalue weighted by Gasteiger charge is -2.06. The Morgan fingerprint density at radius 2 is 1.69 bits per heavy atom. The number of hydrogen-bond acceptors (Lipinski definition) is 4. The topological polar surface area (TPSA) is 69.0 Å². The van der Waals surface area contributed by atoms with Gasteiger partial charge in [-0.2, -0.15) is 0 Å². The summed E-state index contributed by atoms with van der Waals surface area (Å²) in [6, 6.07) is 15.4. The fourth-order valence-electron chi connectivity index (χ4n) is 2.30. The van der Waals surface area contributed by atoms with Crippen molar-refractivity contribution < 1.29 is 9.53 Å². The number of hydrogen-bond donors (Lipinski definition) is 1. The predicted molar refractivity (Wildman–Crippen MR) is 106 cm³/mol. The van der Waals surface area contributed by atoms with E-state index in [0.29, 0.717) is 19.0 Å². The Balaban J connectivity index is 2.01. The van der Waals surface area contributed by atoms with Crippen LogP contribution in [0, 0.1) is 0 Å². The smallest absolute Gasteiger partial charge is 0.291 e. The van der Waals surface area contributed by atoms with Gasteiger partial charge in [0.25, 0.3) is 5.91 Å². The molecule has 0 aliphatic carbocycles. The van der Waals surface area contributed by atoms with Gasteiger partial charge in [-0.15, -0.1) is 5.10 Å². The molecular weight excluding hydrogens is 464 g/mol. The minimum atomic E-state index is -0.337. The van der Waals surface area contributed by atoms with E-state index in [1.165, 1.54) is 0 Å². The minimum Gasteiger partial charge on any atom is -0.383 e. The van der Waals surface area contributed by atoms with E-state index in [1.54, 1.807) is 11.8 Å². The van der Waals surface area contributed by atoms with E-state index in [4.69, 9.17) is 4.74 Å². The van der Waals surface area contributed by atoms with Gasteiger partial charge in [0, 0.05) is 28.2 Å². The lowest BCUT2D eigenvalue weighted by atomic mass is 10.2. The summed E-state index contributed by atoms with van der Waals surface area (Å²) in [5.41, 5.74) is 1.68. The Morgan fingerprint density at radius 1 is 1.08 bits per heavy atom. The zero-order valence-corrected chi connectivity index (χ0v) is 17.1. The first kappa shape index (κ1) is 18.8. The highest BCUT2D eigenvalue weighted by atomic mass is 79.9. The summed E-state index contributed by atoms with van der Waals surface area (Å²) in [7, 11) is 1.58. The monoisotopic (exact) mass is 478 g/mol. The van der Waals surface area contributed by atoms with Crippen molar-refractivity contribution in [2.75, 3.05) is 20.3 Å². The van der Waals surface area contributed by atoms with Crippen LogP contribution in [-0.2, 0) is 4.74 Å². The van der Waals surface area contributed by atoms with Gasteiger partial charge in [-0.3, -0.25) is 4.79 Å². The van der Waals surface area contributed by atoms with Crippen LogP contribution < -0.4 is 5.32 Å². The van der Waals surface area contributed by atoms with E-state index in [1.807, 2.05) is 48.5 Å². The summed E-state index contributed by atoms with van der Waals surface area (Å²) in [4.78, 5) is 16.8. The van der Waals surface area contributed by atoms with Crippen LogP contribution in [0.2, 0.25) is 0 Å². The van der Waals surface area contributed by atoms with Crippen LogP contribution in [0.15, 0.2) is 57.5 Å². The quantitative estimate of drug-likeness (QED) is 0.545. The molecule has 0 saturated heterocycles. The highest BCUT2D eigenvalue weighted by molar-refractivity contribution is 9.10. The number of ether oxygens (including phenoxy) is 1. The van der Waals surface area contributed by atoms with Crippen molar-refractivity contribution in [3.63, 3.8) is 0 Å². The SMILES string of the molecule is COCCNC(=O)c1nc(-c2ccc(Br)cc2)n(-c2ccc(Br)cc2)n1. The Bertz CT molecular complexity index is 830. The third-order valence-corrected chi connectivity index (χ3v) is 4.63. The average Bonchev–Trinajstić information content (AvgIpc) is 3.08. The molecule has 8 heteroatoms. The number of rotatable bonds is 6. The highest BCUT2D eigenvalue weighted by Crippen LogP contribution is 2.24. The number of nitrogens with one attached hydrogen (secondary N) is 1. The average molecular weight is 480 g/mol. The first-order valence-electron chi connectivity index (χ1n) is 7.84. The van der Waals surface area contributed by atoms with Gasteiger partial charge < -0.3 is 10.1 Å². The van der Waals surface area contributed by atoms with Crippen molar-refractivity contribution in [3.05, 3.63) is 63.3 Å². The fourth-order valence-corrected chi connectivity index (χ4v) is 2.83. The molecule has 0 atom stereocenters. The van der Waals surface area contributed by atoms with E-state index in [9.17, 15) is 4.79 Å². The number of carbonyl (C=O) groups is 1. The summed E-state index contributed by atoms with van der Waals surface area (Å²) < 4.78 is 8.54. The number of amides is 1. The molecule has 1 amide bonds. The second-order valence-corrected chi connectivity index (χ2v) is 7.23. The van der Waals surface area contributed by atoms with E-state index in [-0.39, 0.29) is 11.7 Å². The molecule has 0 spiro atoms. The lowest BCUT2D eigenvalue weighted by molar-refractivity contribution is 0.0927. The van der Waals surface area contributed by atoms with Crippen LogP contribution in [0.3, 0.4) is 0 Å². The zero-order chi connectivity index (χ0) is 18.5. The van der Waals surface area contributed by atoms with Crippen molar-refractivity contribution in [2.24, 2.45) is 0 Å². The van der Waals surface area contributed by atoms with Gasteiger partial charge in [0.1, 0.15) is 0 Å². The molecule has 2 aromatic carbocycles. The summed E-state index contributed by atoms with van der Waals surface area (Å²) in [6.45, 7) is 0.828. The maximum Gasteiger partial charge on any atom is 0.291 e. The molecule has 1 aromatic heterocycles. The third-order valence-electron chi connectivity index (χ3n) is 3.58. The summed E-state index contributed by atoms with van der Waals surface area (Å²) in [6.07, 6.45) is 0. The lowest BCUT2D eigenvalue weighted by Crippen LogP contribution is -2.28. The van der Waals surface area contributed by atoms with Crippen molar-refractivity contribution in [1.82, 2.24) is 20.1 Å². The Morgan fingerprint density at radius 3 is 2.31 bits per heavy atom. The molecule has 0 aliphatic rings. The maximum atomic E-state index is 12.3. The van der Waals surface area contributed by atoms with Gasteiger partial charge >= 0.3 is 0 Å². The van der Waals surface area contributed by atoms with Gasteiger partial charge in [0.05, 0.1) is 12.3 Å². The van der Waals surface area contributed by atoms with Gasteiger partial charge in [0.15, 0.2) is 5.82 Å². The van der Waals surface area contributed by atoms with Crippen molar-refractivity contribution >= 4 is 37.8 Å². The van der Waals surface area contributed by atoms with Crippen LogP contribution in [-0.4, -0.2) is 40.9 Å². The van der Waals surface area contributed by atoms with E-state index in [0.717, 1.165) is 20.2 Å². The van der Waals surface area contributed by atoms with E-state index in [2.05, 4.69) is 47.3 Å². The van der Waals surface area contributed by atoms with Gasteiger partial charge in [-0.1, -0.05) is 44.0 Å². The number of methoxy groups -OCH3 is 1. The molecule has 1 heterocycles. The fraction of sp³-hybridized carbons (Fsp3) is 0.167. The molecule has 0 saturated carbocycles. The molecule has 0 radical (unpaired) electrons. The van der Waals surface area contributed by atoms with Crippen LogP contribution in [0.25, 0.3) is 17.1 Å². The first-order chi connectivity index (χ1) is 12.6. The molecule has 0 aliphatic heterocycles. The Kier molecular flexibility index (Phi) is 6.18. The zero-order valence-electron chi connectivity index (χ0n) is 13.9. The second-order valence-electron chi connectivity index (χ2n) is 5.40. The van der Waals surface area contributed by atoms with Crippen molar-refractivity contribution in [3.8, 4) is 17.1 Å². The summed E-state index contributed by atoms with van der Waals surface area (Å²) in [5.74, 6) is 0.370. The molecule has 6 nitrogen and oxygen atoms in total. The predicted octanol–water partition coefficient (Wildman–Crippen LogP) is 3.84. The van der Waals surface area contributed by atoms with E-state index >= 15 is 0 Å². The van der Waals surface area contributed by atoms with Crippen LogP contribution in [0.4, 0.5) is 0 Å². The van der Waals surface area contributed by atoms with Crippen LogP contribution in [0.5, 0.6) is 0 Å². The molecule has 3 rings (SSSR count). The molecule has 0 fully saturated rings. The van der Waals surface area contributed by atoms with Crippen LogP contribution in [0.1, 0.15) is 10.6 Å². The molecular formula is C18H16Br2N4O2. The Labute approximate surface area is 167 Å². The van der Waals surface area contributed by atoms with Gasteiger partial charge in [0.2, 0.25) is 5.82 Å². The number of halogens is 2. The third kappa shape index (κ3) is 4.38. The second kappa shape index (κ2) is 8.57. The Hall–Kier alpha value is -2.03. The molecule has 134 valence electrons. The standard InChI is InChI=1S/C18H16Br2N4O2/c1-26-11-10-21-18(25)16-22-17(12-2-4-13(19)5-3-12)24(23-16)15-8-6-14(20)7-9-15/h2-9H,10-11H2,1H3,(H,21,25). The summed E-state index contributed by atoms with van der Waals surface area (Å²) in [5, 5.41) is 7.16. The first-order valence-corrected chi connectivity index (χ1v) is 9.43. The maximum absolute atomic E-state index is 12.3. The van der Waals surface area contributed by atoms with Gasteiger partial charge in [-0.25, -0.2) is 9.67 Å². The largest absolute Gasteiger partial charge is 0.383 e. The van der Waals surface area contributed by atoms with Crippen molar-refractivity contribution in [2.45, 2.75) is 0 Å². The van der Waals surface area contributed by atoms with E-state index < -0.39 is 0 Å². The van der Waals surface area contributed by atoms with Crippen LogP contribution >= 0.6 is 31.9 Å².